The van der Waals surface area contributed by atoms with Gasteiger partial charge in [-0.1, -0.05) is 19.9 Å². The maximum absolute atomic E-state index is 12.9. The minimum Gasteiger partial charge on any atom is -0.503 e. The average Bonchev–Trinajstić information content (AvgIpc) is 3.33. The minimum atomic E-state index is -0.865. The summed E-state index contributed by atoms with van der Waals surface area (Å²) in [6.45, 7) is 5.78. The molecule has 0 aliphatic carbocycles. The second-order valence-corrected chi connectivity index (χ2v) is 7.46. The van der Waals surface area contributed by atoms with Crippen molar-refractivity contribution < 1.29 is 19.1 Å². The topological polar surface area (TPSA) is 99.4 Å². The van der Waals surface area contributed by atoms with Crippen molar-refractivity contribution in [1.82, 2.24) is 9.97 Å². The number of aryl methyl sites for hydroxylation is 1. The number of rotatable bonds is 5. The van der Waals surface area contributed by atoms with Gasteiger partial charge in [-0.25, -0.2) is 4.98 Å². The van der Waals surface area contributed by atoms with E-state index in [1.54, 1.807) is 12.1 Å². The fourth-order valence-corrected chi connectivity index (χ4v) is 3.53. The molecule has 1 aromatic carbocycles. The van der Waals surface area contributed by atoms with E-state index >= 15 is 0 Å². The summed E-state index contributed by atoms with van der Waals surface area (Å²) in [5, 5.41) is 10.5. The van der Waals surface area contributed by atoms with Gasteiger partial charge in [-0.3, -0.25) is 14.5 Å². The van der Waals surface area contributed by atoms with E-state index in [0.29, 0.717) is 11.3 Å². The molecule has 28 heavy (non-hydrogen) atoms. The third-order valence-electron chi connectivity index (χ3n) is 4.77. The molecular formula is C21H21N3O4. The summed E-state index contributed by atoms with van der Waals surface area (Å²) >= 11 is 0. The van der Waals surface area contributed by atoms with E-state index in [9.17, 15) is 14.7 Å². The van der Waals surface area contributed by atoms with Gasteiger partial charge < -0.3 is 14.5 Å². The molecule has 1 aliphatic rings. The molecule has 1 unspecified atom stereocenters. The van der Waals surface area contributed by atoms with E-state index in [1.807, 2.05) is 39.0 Å². The first-order valence-corrected chi connectivity index (χ1v) is 9.16. The first kappa shape index (κ1) is 18.0. The number of Topliss-reactive ketones (excluding diaryl/α,β-unsaturated/α-hetero) is 1. The van der Waals surface area contributed by atoms with Gasteiger partial charge in [0.15, 0.2) is 11.5 Å². The van der Waals surface area contributed by atoms with Gasteiger partial charge >= 0.3 is 0 Å². The number of imidazole rings is 1. The van der Waals surface area contributed by atoms with Crippen molar-refractivity contribution in [3.8, 4) is 0 Å². The Labute approximate surface area is 161 Å². The number of aromatic amines is 1. The Hall–Kier alpha value is -3.35. The molecule has 2 aromatic heterocycles. The molecule has 7 nitrogen and oxygen atoms in total. The molecular weight excluding hydrogens is 358 g/mol. The van der Waals surface area contributed by atoms with Gasteiger partial charge in [-0.2, -0.15) is 0 Å². The summed E-state index contributed by atoms with van der Waals surface area (Å²) in [6, 6.07) is 8.20. The Morgan fingerprint density at radius 1 is 1.36 bits per heavy atom. The Balaban J connectivity index is 1.84. The molecule has 0 saturated carbocycles. The Morgan fingerprint density at radius 3 is 2.82 bits per heavy atom. The zero-order chi connectivity index (χ0) is 20.0. The number of nitrogens with zero attached hydrogens (tertiary/aromatic N) is 2. The molecule has 0 spiro atoms. The maximum atomic E-state index is 12.9. The number of aliphatic hydroxyl groups excluding tert-OH is 1. The summed E-state index contributed by atoms with van der Waals surface area (Å²) in [7, 11) is 0. The predicted molar refractivity (Wildman–Crippen MR) is 104 cm³/mol. The SMILES string of the molecule is Cc1ccc2nc(N3C(=O)C(O)=C(C(=O)CC(C)C)C3c3ccco3)[nH]c2c1. The summed E-state index contributed by atoms with van der Waals surface area (Å²) in [6.07, 6.45) is 1.69. The minimum absolute atomic E-state index is 0.0466. The highest BCUT2D eigenvalue weighted by Gasteiger charge is 2.46. The number of amides is 1. The molecule has 144 valence electrons. The number of H-pyrrole nitrogens is 1. The van der Waals surface area contributed by atoms with Crippen LogP contribution in [0.2, 0.25) is 0 Å². The molecule has 1 atom stereocenters. The summed E-state index contributed by atoms with van der Waals surface area (Å²) in [4.78, 5) is 34.7. The lowest BCUT2D eigenvalue weighted by molar-refractivity contribution is -0.118. The molecule has 3 aromatic rings. The van der Waals surface area contributed by atoms with E-state index in [0.717, 1.165) is 11.1 Å². The number of aliphatic hydroxyl groups is 1. The lowest BCUT2D eigenvalue weighted by Gasteiger charge is -2.22. The van der Waals surface area contributed by atoms with Crippen molar-refractivity contribution in [3.05, 3.63) is 59.3 Å². The number of furan rings is 1. The van der Waals surface area contributed by atoms with Crippen molar-refractivity contribution in [2.24, 2.45) is 5.92 Å². The molecule has 2 N–H and O–H groups in total. The Bertz CT molecular complexity index is 1090. The van der Waals surface area contributed by atoms with E-state index in [4.69, 9.17) is 4.42 Å². The van der Waals surface area contributed by atoms with Crippen LogP contribution in [0.3, 0.4) is 0 Å². The van der Waals surface area contributed by atoms with Crippen molar-refractivity contribution in [2.75, 3.05) is 4.90 Å². The van der Waals surface area contributed by atoms with Crippen molar-refractivity contribution in [1.29, 1.82) is 0 Å². The highest BCUT2D eigenvalue weighted by Crippen LogP contribution is 2.41. The quantitative estimate of drug-likeness (QED) is 0.698. The number of benzene rings is 1. The Morgan fingerprint density at radius 2 is 2.14 bits per heavy atom. The number of aromatic nitrogens is 2. The van der Waals surface area contributed by atoms with Gasteiger partial charge in [0.1, 0.15) is 11.8 Å². The summed E-state index contributed by atoms with van der Waals surface area (Å²) in [5.41, 5.74) is 2.55. The number of carbonyl (C=O) groups is 2. The van der Waals surface area contributed by atoms with Crippen LogP contribution in [0.25, 0.3) is 11.0 Å². The van der Waals surface area contributed by atoms with Crippen LogP contribution in [0.4, 0.5) is 5.95 Å². The van der Waals surface area contributed by atoms with Crippen molar-refractivity contribution in [2.45, 2.75) is 33.2 Å². The van der Waals surface area contributed by atoms with Gasteiger partial charge in [0, 0.05) is 6.42 Å². The first-order chi connectivity index (χ1) is 13.4. The van der Waals surface area contributed by atoms with Crippen LogP contribution < -0.4 is 4.90 Å². The average molecular weight is 379 g/mol. The Kier molecular flexibility index (Phi) is 4.30. The number of nitrogens with one attached hydrogen (secondary N) is 1. The predicted octanol–water partition coefficient (Wildman–Crippen LogP) is 3.98. The lowest BCUT2D eigenvalue weighted by Crippen LogP contribution is -2.31. The normalized spacial score (nSPS) is 17.4. The molecule has 1 amide bonds. The van der Waals surface area contributed by atoms with E-state index < -0.39 is 17.7 Å². The number of hydrogen-bond acceptors (Lipinski definition) is 5. The van der Waals surface area contributed by atoms with Crippen LogP contribution in [0.1, 0.15) is 37.6 Å². The highest BCUT2D eigenvalue weighted by atomic mass is 16.3. The van der Waals surface area contributed by atoms with Crippen LogP contribution in [0, 0.1) is 12.8 Å². The van der Waals surface area contributed by atoms with Crippen LogP contribution in [0.5, 0.6) is 0 Å². The molecule has 3 heterocycles. The van der Waals surface area contributed by atoms with Gasteiger partial charge in [-0.15, -0.1) is 0 Å². The van der Waals surface area contributed by atoms with Crippen LogP contribution >= 0.6 is 0 Å². The molecule has 4 rings (SSSR count). The second kappa shape index (κ2) is 6.67. The molecule has 1 aliphatic heterocycles. The zero-order valence-electron chi connectivity index (χ0n) is 15.9. The molecule has 0 radical (unpaired) electrons. The third-order valence-corrected chi connectivity index (χ3v) is 4.77. The van der Waals surface area contributed by atoms with E-state index in [-0.39, 0.29) is 29.6 Å². The van der Waals surface area contributed by atoms with Crippen LogP contribution in [-0.2, 0) is 9.59 Å². The van der Waals surface area contributed by atoms with Gasteiger partial charge in [0.25, 0.3) is 5.91 Å². The van der Waals surface area contributed by atoms with Gasteiger partial charge in [-0.05, 0) is 42.7 Å². The van der Waals surface area contributed by atoms with Crippen LogP contribution in [0.15, 0.2) is 52.3 Å². The molecule has 7 heteroatoms. The number of carbonyl (C=O) groups excluding carboxylic acids is 2. The number of fused-ring (bicyclic) bond motifs is 1. The third kappa shape index (κ3) is 2.89. The smallest absolute Gasteiger partial charge is 0.296 e. The van der Waals surface area contributed by atoms with Gasteiger partial charge in [0.2, 0.25) is 5.95 Å². The van der Waals surface area contributed by atoms with Crippen molar-refractivity contribution in [3.63, 3.8) is 0 Å². The molecule has 0 saturated heterocycles. The largest absolute Gasteiger partial charge is 0.503 e. The standard InChI is InChI=1S/C21H21N3O4/c1-11(2)9-15(25)17-18(16-5-4-8-28-16)24(20(27)19(17)26)21-22-13-7-6-12(3)10-14(13)23-21/h4-8,10-11,18,26H,9H2,1-3H3,(H,22,23). The fraction of sp³-hybridized carbons (Fsp3) is 0.286. The molecule has 0 fully saturated rings. The van der Waals surface area contributed by atoms with Crippen molar-refractivity contribution >= 4 is 28.7 Å². The zero-order valence-corrected chi connectivity index (χ0v) is 15.9. The summed E-state index contributed by atoms with van der Waals surface area (Å²) < 4.78 is 5.51. The second-order valence-electron chi connectivity index (χ2n) is 7.46. The van der Waals surface area contributed by atoms with E-state index in [2.05, 4.69) is 9.97 Å². The van der Waals surface area contributed by atoms with Gasteiger partial charge in [0.05, 0.1) is 22.9 Å². The van der Waals surface area contributed by atoms with E-state index in [1.165, 1.54) is 11.2 Å². The highest BCUT2D eigenvalue weighted by molar-refractivity contribution is 6.16. The first-order valence-electron chi connectivity index (χ1n) is 9.16. The molecule has 0 bridgehead atoms. The fourth-order valence-electron chi connectivity index (χ4n) is 3.53. The lowest BCUT2D eigenvalue weighted by atomic mass is 9.95. The number of anilines is 1. The monoisotopic (exact) mass is 379 g/mol. The number of ketones is 1. The maximum Gasteiger partial charge on any atom is 0.296 e. The number of hydrogen-bond donors (Lipinski definition) is 2. The van der Waals surface area contributed by atoms with Crippen LogP contribution in [-0.4, -0.2) is 26.8 Å². The summed E-state index contributed by atoms with van der Waals surface area (Å²) in [5.74, 6) is -0.778.